The van der Waals surface area contributed by atoms with Crippen molar-refractivity contribution in [2.45, 2.75) is 52.0 Å². The molecule has 0 amide bonds. The molecule has 2 fully saturated rings. The van der Waals surface area contributed by atoms with Gasteiger partial charge < -0.3 is 14.8 Å². The molecule has 6 nitrogen and oxygen atoms in total. The van der Waals surface area contributed by atoms with Gasteiger partial charge in [-0.25, -0.2) is 0 Å². The zero-order valence-corrected chi connectivity index (χ0v) is 15.5. The largest absolute Gasteiger partial charge is 0.422 e. The zero-order valence-electron chi connectivity index (χ0n) is 15.5. The molecule has 0 spiro atoms. The van der Waals surface area contributed by atoms with Crippen LogP contribution in [0.2, 0.25) is 0 Å². The Morgan fingerprint density at radius 1 is 0.962 bits per heavy atom. The zero-order chi connectivity index (χ0) is 18.9. The highest BCUT2D eigenvalue weighted by Crippen LogP contribution is 2.36. The van der Waals surface area contributed by atoms with Crippen molar-refractivity contribution < 1.29 is 23.9 Å². The van der Waals surface area contributed by atoms with Crippen LogP contribution in [0.5, 0.6) is 11.5 Å². The second-order valence-corrected chi connectivity index (χ2v) is 8.08. The predicted molar refractivity (Wildman–Crippen MR) is 95.2 cm³/mol. The van der Waals surface area contributed by atoms with E-state index in [1.54, 1.807) is 6.07 Å². The molecule has 26 heavy (non-hydrogen) atoms. The van der Waals surface area contributed by atoms with Crippen LogP contribution in [0.25, 0.3) is 0 Å². The average molecular weight is 359 g/mol. The fourth-order valence-corrected chi connectivity index (χ4v) is 2.31. The van der Waals surface area contributed by atoms with E-state index in [0.29, 0.717) is 5.56 Å². The Bertz CT molecular complexity index is 726. The van der Waals surface area contributed by atoms with Gasteiger partial charge in [-0.3, -0.25) is 14.4 Å². The lowest BCUT2D eigenvalue weighted by Crippen LogP contribution is -2.39. The number of esters is 2. The van der Waals surface area contributed by atoms with E-state index in [4.69, 9.17) is 9.47 Å². The summed E-state index contributed by atoms with van der Waals surface area (Å²) in [4.78, 5) is 36.4. The highest BCUT2D eigenvalue weighted by Gasteiger charge is 2.34. The van der Waals surface area contributed by atoms with Crippen molar-refractivity contribution in [3.8, 4) is 11.5 Å². The van der Waals surface area contributed by atoms with Crippen LogP contribution in [-0.4, -0.2) is 29.8 Å². The van der Waals surface area contributed by atoms with Gasteiger partial charge in [-0.1, -0.05) is 0 Å². The lowest BCUT2D eigenvalue weighted by atomic mass is 10.1. The van der Waals surface area contributed by atoms with Crippen molar-refractivity contribution in [1.82, 2.24) is 5.32 Å². The summed E-state index contributed by atoms with van der Waals surface area (Å²) < 4.78 is 10.8. The Labute approximate surface area is 153 Å². The van der Waals surface area contributed by atoms with Crippen molar-refractivity contribution in [3.63, 3.8) is 0 Å². The summed E-state index contributed by atoms with van der Waals surface area (Å²) in [6.45, 7) is 6.09. The van der Waals surface area contributed by atoms with Gasteiger partial charge in [0.15, 0.2) is 17.3 Å². The number of ether oxygens (including phenoxy) is 2. The Balaban J connectivity index is 1.76. The third kappa shape index (κ3) is 5.14. The molecule has 1 aromatic carbocycles. The minimum atomic E-state index is -0.342. The van der Waals surface area contributed by atoms with E-state index < -0.39 is 0 Å². The molecule has 1 N–H and O–H groups in total. The van der Waals surface area contributed by atoms with Crippen LogP contribution in [0, 0.1) is 11.8 Å². The van der Waals surface area contributed by atoms with E-state index in [1.165, 1.54) is 12.1 Å². The van der Waals surface area contributed by atoms with Crippen molar-refractivity contribution >= 4 is 17.7 Å². The molecule has 0 bridgehead atoms. The molecule has 6 heteroatoms. The number of hydrogen-bond acceptors (Lipinski definition) is 6. The highest BCUT2D eigenvalue weighted by atomic mass is 16.6. The SMILES string of the molecule is CC(C)(C)NCC(=O)c1ccc(OC(=O)C2CC2)c(OC(=O)C2CC2)c1. The Kier molecular flexibility index (Phi) is 5.14. The van der Waals surface area contributed by atoms with E-state index in [1.807, 2.05) is 20.8 Å². The van der Waals surface area contributed by atoms with Gasteiger partial charge in [-0.2, -0.15) is 0 Å². The van der Waals surface area contributed by atoms with Gasteiger partial charge in [-0.05, 0) is 64.7 Å². The summed E-state index contributed by atoms with van der Waals surface area (Å²) >= 11 is 0. The van der Waals surface area contributed by atoms with Crippen LogP contribution >= 0.6 is 0 Å². The first-order valence-electron chi connectivity index (χ1n) is 9.08. The lowest BCUT2D eigenvalue weighted by molar-refractivity contribution is -0.138. The molecular weight excluding hydrogens is 334 g/mol. The summed E-state index contributed by atoms with van der Waals surface area (Å²) in [7, 11) is 0. The summed E-state index contributed by atoms with van der Waals surface area (Å²) in [6.07, 6.45) is 3.27. The fraction of sp³-hybridized carbons (Fsp3) is 0.550. The molecule has 0 saturated heterocycles. The van der Waals surface area contributed by atoms with Crippen LogP contribution in [0.4, 0.5) is 0 Å². The summed E-state index contributed by atoms with van der Waals surface area (Å²) in [5.41, 5.74) is 0.225. The molecule has 2 saturated carbocycles. The molecular formula is C20H25NO5. The number of carbonyl (C=O) groups excluding carboxylic acids is 3. The van der Waals surface area contributed by atoms with Crippen LogP contribution in [0.1, 0.15) is 56.8 Å². The van der Waals surface area contributed by atoms with Crippen molar-refractivity contribution in [3.05, 3.63) is 23.8 Å². The number of Topliss-reactive ketones (excluding diaryl/α,β-unsaturated/α-hetero) is 1. The van der Waals surface area contributed by atoms with Crippen LogP contribution in [0.3, 0.4) is 0 Å². The number of nitrogens with one attached hydrogen (secondary N) is 1. The number of benzene rings is 1. The van der Waals surface area contributed by atoms with Crippen molar-refractivity contribution in [1.29, 1.82) is 0 Å². The van der Waals surface area contributed by atoms with Gasteiger partial charge in [0.25, 0.3) is 0 Å². The standard InChI is InChI=1S/C20H25NO5/c1-20(2,3)21-11-15(22)14-8-9-16(25-18(23)12-4-5-12)17(10-14)26-19(24)13-6-7-13/h8-10,12-13,21H,4-7,11H2,1-3H3. The fourth-order valence-electron chi connectivity index (χ4n) is 2.31. The minimum absolute atomic E-state index is 0.0701. The maximum Gasteiger partial charge on any atom is 0.314 e. The Morgan fingerprint density at radius 2 is 1.50 bits per heavy atom. The highest BCUT2D eigenvalue weighted by molar-refractivity contribution is 5.98. The molecule has 0 unspecified atom stereocenters. The number of ketones is 1. The van der Waals surface area contributed by atoms with E-state index in [2.05, 4.69) is 5.32 Å². The second-order valence-electron chi connectivity index (χ2n) is 8.08. The monoisotopic (exact) mass is 359 g/mol. The van der Waals surface area contributed by atoms with Crippen LogP contribution in [0.15, 0.2) is 18.2 Å². The third-order valence-corrected chi connectivity index (χ3v) is 4.29. The minimum Gasteiger partial charge on any atom is -0.422 e. The molecule has 0 atom stereocenters. The molecule has 2 aliphatic carbocycles. The first-order valence-corrected chi connectivity index (χ1v) is 9.08. The van der Waals surface area contributed by atoms with E-state index in [-0.39, 0.29) is 53.1 Å². The normalized spacial score (nSPS) is 16.9. The van der Waals surface area contributed by atoms with Crippen molar-refractivity contribution in [2.24, 2.45) is 11.8 Å². The van der Waals surface area contributed by atoms with Crippen LogP contribution < -0.4 is 14.8 Å². The topological polar surface area (TPSA) is 81.7 Å². The third-order valence-electron chi connectivity index (χ3n) is 4.29. The first kappa shape index (κ1) is 18.6. The molecule has 0 aliphatic heterocycles. The molecule has 140 valence electrons. The summed E-state index contributed by atoms with van der Waals surface area (Å²) in [6, 6.07) is 4.61. The van der Waals surface area contributed by atoms with Crippen molar-refractivity contribution in [2.75, 3.05) is 6.54 Å². The summed E-state index contributed by atoms with van der Waals surface area (Å²) in [5.74, 6) is -0.617. The second kappa shape index (κ2) is 7.19. The summed E-state index contributed by atoms with van der Waals surface area (Å²) in [5, 5.41) is 3.14. The molecule has 0 aromatic heterocycles. The maximum absolute atomic E-state index is 12.4. The van der Waals surface area contributed by atoms with E-state index in [9.17, 15) is 14.4 Å². The van der Waals surface area contributed by atoms with Gasteiger partial charge in [-0.15, -0.1) is 0 Å². The number of carbonyl (C=O) groups is 3. The van der Waals surface area contributed by atoms with Gasteiger partial charge in [0.05, 0.1) is 18.4 Å². The first-order chi connectivity index (χ1) is 12.2. The molecule has 1 aromatic rings. The smallest absolute Gasteiger partial charge is 0.314 e. The van der Waals surface area contributed by atoms with Crippen LogP contribution in [-0.2, 0) is 9.59 Å². The molecule has 0 radical (unpaired) electrons. The van der Waals surface area contributed by atoms with Gasteiger partial charge in [0.2, 0.25) is 0 Å². The average Bonchev–Trinajstić information content (AvgIpc) is 3.45. The maximum atomic E-state index is 12.4. The van der Waals surface area contributed by atoms with Gasteiger partial charge >= 0.3 is 11.9 Å². The number of rotatable bonds is 7. The molecule has 3 rings (SSSR count). The lowest BCUT2D eigenvalue weighted by Gasteiger charge is -2.20. The Hall–Kier alpha value is -2.21. The molecule has 2 aliphatic rings. The van der Waals surface area contributed by atoms with E-state index >= 15 is 0 Å². The predicted octanol–water partition coefficient (Wildman–Crippen LogP) is 2.89. The quantitative estimate of drug-likeness (QED) is 0.458. The van der Waals surface area contributed by atoms with Gasteiger partial charge in [0.1, 0.15) is 0 Å². The Morgan fingerprint density at radius 3 is 2.00 bits per heavy atom. The molecule has 0 heterocycles. The van der Waals surface area contributed by atoms with Gasteiger partial charge in [0, 0.05) is 11.1 Å². The number of hydrogen-bond donors (Lipinski definition) is 1. The van der Waals surface area contributed by atoms with E-state index in [0.717, 1.165) is 25.7 Å².